The minimum atomic E-state index is -1.77. The van der Waals surface area contributed by atoms with E-state index in [1.807, 2.05) is 0 Å². The molecule has 0 fully saturated rings. The third-order valence-electron chi connectivity index (χ3n) is 7.08. The third-order valence-corrected chi connectivity index (χ3v) is 16.7. The predicted octanol–water partition coefficient (Wildman–Crippen LogP) is 7.11. The van der Waals surface area contributed by atoms with E-state index in [2.05, 4.69) is 69.2 Å². The van der Waals surface area contributed by atoms with Crippen LogP contribution in [-0.2, 0) is 0 Å². The van der Waals surface area contributed by atoms with Gasteiger partial charge in [-0.15, -0.1) is 0 Å². The molecule has 22 heavy (non-hydrogen) atoms. The van der Waals surface area contributed by atoms with Gasteiger partial charge < -0.3 is 0 Å². The minimum absolute atomic E-state index is 0.0743. The van der Waals surface area contributed by atoms with E-state index in [4.69, 9.17) is 9.95 Å². The van der Waals surface area contributed by atoms with Gasteiger partial charge in [0, 0.05) is 0 Å². The Hall–Kier alpha value is -0.192. The number of hydrogen-bond donors (Lipinski definition) is 0. The number of halogens is 1. The molecule has 2 rings (SSSR count). The van der Waals surface area contributed by atoms with Crippen molar-refractivity contribution in [3.8, 4) is 0 Å². The molecule has 0 unspecified atom stereocenters. The molecule has 0 saturated carbocycles. The first-order valence-electron chi connectivity index (χ1n) is 8.12. The van der Waals surface area contributed by atoms with Crippen LogP contribution in [-0.4, -0.2) is 13.7 Å². The molecular formula is C20H30AsCl. The second kappa shape index (κ2) is 5.42. The zero-order valence-corrected chi connectivity index (χ0v) is 18.5. The van der Waals surface area contributed by atoms with Gasteiger partial charge in [0.15, 0.2) is 0 Å². The average Bonchev–Trinajstić information content (AvgIpc) is 2.75. The molecule has 0 nitrogen and oxygen atoms in total. The molecule has 0 saturated heterocycles. The van der Waals surface area contributed by atoms with Crippen LogP contribution in [0.5, 0.6) is 0 Å². The molecule has 2 heteroatoms. The van der Waals surface area contributed by atoms with Gasteiger partial charge in [0.05, 0.1) is 0 Å². The van der Waals surface area contributed by atoms with Crippen molar-refractivity contribution in [1.82, 2.24) is 0 Å². The molecule has 2 aliphatic carbocycles. The maximum atomic E-state index is 7.43. The summed E-state index contributed by atoms with van der Waals surface area (Å²) < 4.78 is 0.149. The van der Waals surface area contributed by atoms with Crippen molar-refractivity contribution < 1.29 is 0 Å². The Morgan fingerprint density at radius 1 is 0.545 bits per heavy atom. The Balaban J connectivity index is 2.66. The number of hydrogen-bond acceptors (Lipinski definition) is 0. The third kappa shape index (κ3) is 1.96. The summed E-state index contributed by atoms with van der Waals surface area (Å²) in [7, 11) is 7.43. The van der Waals surface area contributed by atoms with Crippen molar-refractivity contribution in [3.05, 3.63) is 44.6 Å². The molecule has 0 aliphatic heterocycles. The van der Waals surface area contributed by atoms with Gasteiger partial charge in [-0.05, 0) is 0 Å². The molecule has 0 aromatic carbocycles. The zero-order valence-electron chi connectivity index (χ0n) is 15.8. The molecule has 0 aromatic rings. The van der Waals surface area contributed by atoms with Gasteiger partial charge >= 0.3 is 146 Å². The topological polar surface area (TPSA) is 0 Å². The summed E-state index contributed by atoms with van der Waals surface area (Å²) in [5.41, 5.74) is 11.8. The molecule has 0 N–H and O–H groups in total. The molecule has 0 radical (unpaired) electrons. The first kappa shape index (κ1) is 18.2. The fraction of sp³-hybridized carbons (Fsp3) is 0.600. The monoisotopic (exact) mass is 380 g/mol. The van der Waals surface area contributed by atoms with Gasteiger partial charge in [-0.3, -0.25) is 0 Å². The van der Waals surface area contributed by atoms with E-state index in [1.165, 1.54) is 44.6 Å². The summed E-state index contributed by atoms with van der Waals surface area (Å²) in [4.78, 5) is 0. The Bertz CT molecular complexity index is 564. The summed E-state index contributed by atoms with van der Waals surface area (Å²) in [5.74, 6) is 0. The van der Waals surface area contributed by atoms with E-state index < -0.39 is 13.7 Å². The van der Waals surface area contributed by atoms with Gasteiger partial charge in [0.25, 0.3) is 0 Å². The predicted molar refractivity (Wildman–Crippen MR) is 102 cm³/mol. The van der Waals surface area contributed by atoms with Crippen molar-refractivity contribution in [2.24, 2.45) is 0 Å². The van der Waals surface area contributed by atoms with Crippen molar-refractivity contribution >= 4 is 23.7 Å². The standard InChI is InChI=1S/C20H30AsCl/c1-11-12(2)16(6)19(9,15(11)5)21(22)20(10)17(7)13(3)14(4)18(20)8/h1-10H3. The second-order valence-corrected chi connectivity index (χ2v) is 14.1. The van der Waals surface area contributed by atoms with Gasteiger partial charge in [0.1, 0.15) is 0 Å². The summed E-state index contributed by atoms with van der Waals surface area (Å²) in [6.45, 7) is 23.1. The Labute approximate surface area is 145 Å². The molecule has 0 spiro atoms. The second-order valence-electron chi connectivity index (χ2n) is 7.43. The van der Waals surface area contributed by atoms with Crippen molar-refractivity contribution in [3.63, 3.8) is 0 Å². The Morgan fingerprint density at radius 2 is 0.727 bits per heavy atom. The molecule has 122 valence electrons. The quantitative estimate of drug-likeness (QED) is 0.448. The summed E-state index contributed by atoms with van der Waals surface area (Å²) in [5, 5.41) is 0. The first-order chi connectivity index (χ1) is 9.93. The average molecular weight is 381 g/mol. The molecule has 0 heterocycles. The van der Waals surface area contributed by atoms with Gasteiger partial charge in [-0.25, -0.2) is 0 Å². The fourth-order valence-electron chi connectivity index (χ4n) is 4.18. The van der Waals surface area contributed by atoms with E-state index >= 15 is 0 Å². The van der Waals surface area contributed by atoms with Crippen LogP contribution >= 0.6 is 9.95 Å². The van der Waals surface area contributed by atoms with Crippen LogP contribution in [0.3, 0.4) is 0 Å². The van der Waals surface area contributed by atoms with Gasteiger partial charge in [0.2, 0.25) is 0 Å². The molecule has 0 amide bonds. The SMILES string of the molecule is CC1=C(C)C(C)([As](Cl)C2(C)C(C)=C(C)C(C)=C2C)C(C)=C1C. The first-order valence-corrected chi connectivity index (χ1v) is 12.5. The molecule has 0 bridgehead atoms. The molecule has 0 atom stereocenters. The normalized spacial score (nSPS) is 24.5. The summed E-state index contributed by atoms with van der Waals surface area (Å²) in [6, 6.07) is 0. The van der Waals surface area contributed by atoms with Crippen LogP contribution in [0, 0.1) is 0 Å². The van der Waals surface area contributed by atoms with Crippen molar-refractivity contribution in [2.45, 2.75) is 77.6 Å². The Morgan fingerprint density at radius 3 is 0.909 bits per heavy atom. The fourth-order valence-corrected chi connectivity index (χ4v) is 12.6. The van der Waals surface area contributed by atoms with E-state index in [9.17, 15) is 0 Å². The van der Waals surface area contributed by atoms with Crippen LogP contribution in [0.4, 0.5) is 0 Å². The van der Waals surface area contributed by atoms with Crippen molar-refractivity contribution in [2.75, 3.05) is 0 Å². The van der Waals surface area contributed by atoms with E-state index in [0.29, 0.717) is 0 Å². The molecular weight excluding hydrogens is 351 g/mol. The van der Waals surface area contributed by atoms with E-state index in [1.54, 1.807) is 0 Å². The van der Waals surface area contributed by atoms with Crippen LogP contribution in [0.1, 0.15) is 69.2 Å². The van der Waals surface area contributed by atoms with Crippen LogP contribution in [0.2, 0.25) is 8.41 Å². The van der Waals surface area contributed by atoms with Gasteiger partial charge in [-0.1, -0.05) is 0 Å². The maximum absolute atomic E-state index is 7.43. The van der Waals surface area contributed by atoms with E-state index in [0.717, 1.165) is 0 Å². The van der Waals surface area contributed by atoms with Crippen LogP contribution < -0.4 is 0 Å². The van der Waals surface area contributed by atoms with Crippen LogP contribution in [0.15, 0.2) is 44.6 Å². The summed E-state index contributed by atoms with van der Waals surface area (Å²) in [6.07, 6.45) is 0. The number of allylic oxidation sites excluding steroid dienone is 8. The Kier molecular flexibility index (Phi) is 4.47. The van der Waals surface area contributed by atoms with Gasteiger partial charge in [-0.2, -0.15) is 0 Å². The summed E-state index contributed by atoms with van der Waals surface area (Å²) >= 11 is -1.77. The van der Waals surface area contributed by atoms with Crippen LogP contribution in [0.25, 0.3) is 0 Å². The zero-order chi connectivity index (χ0) is 17.2. The van der Waals surface area contributed by atoms with Crippen molar-refractivity contribution in [1.29, 1.82) is 0 Å². The molecule has 0 aromatic heterocycles. The van der Waals surface area contributed by atoms with E-state index in [-0.39, 0.29) is 8.41 Å². The molecule has 2 aliphatic rings. The number of rotatable bonds is 2.